The van der Waals surface area contributed by atoms with Crippen molar-refractivity contribution in [3.8, 4) is 11.5 Å². The van der Waals surface area contributed by atoms with E-state index in [-0.39, 0.29) is 0 Å². The topological polar surface area (TPSA) is 54.8 Å². The van der Waals surface area contributed by atoms with Crippen molar-refractivity contribution in [2.24, 2.45) is 0 Å². The smallest absolute Gasteiger partial charge is 0.178 e. The highest BCUT2D eigenvalue weighted by Crippen LogP contribution is 2.21. The lowest BCUT2D eigenvalue weighted by Crippen LogP contribution is -2.31. The van der Waals surface area contributed by atoms with Crippen LogP contribution in [-0.4, -0.2) is 31.4 Å². The molecular formula is C18H17N5. The molecule has 114 valence electrons. The molecule has 1 aliphatic heterocycles. The molecule has 0 radical (unpaired) electrons. The molecule has 0 N–H and O–H groups in total. The molecule has 0 atom stereocenters. The van der Waals surface area contributed by atoms with Crippen molar-refractivity contribution in [1.29, 1.82) is 0 Å². The minimum Gasteiger partial charge on any atom is -0.293 e. The molecule has 0 spiro atoms. The Morgan fingerprint density at radius 3 is 2.74 bits per heavy atom. The van der Waals surface area contributed by atoms with Crippen molar-refractivity contribution in [2.75, 3.05) is 6.54 Å². The summed E-state index contributed by atoms with van der Waals surface area (Å²) in [7, 11) is 0. The summed E-state index contributed by atoms with van der Waals surface area (Å²) in [6.45, 7) is 2.80. The van der Waals surface area contributed by atoms with Crippen LogP contribution in [0.5, 0.6) is 0 Å². The molecule has 23 heavy (non-hydrogen) atoms. The molecule has 0 aromatic carbocycles. The van der Waals surface area contributed by atoms with Crippen molar-refractivity contribution in [2.45, 2.75) is 19.5 Å². The predicted molar refractivity (Wildman–Crippen MR) is 87.3 cm³/mol. The summed E-state index contributed by atoms with van der Waals surface area (Å²) < 4.78 is 0. The van der Waals surface area contributed by atoms with Gasteiger partial charge in [0.15, 0.2) is 5.82 Å². The van der Waals surface area contributed by atoms with Crippen molar-refractivity contribution < 1.29 is 0 Å². The Hall–Kier alpha value is -2.66. The Labute approximate surface area is 135 Å². The Balaban J connectivity index is 1.56. The molecule has 4 rings (SSSR count). The summed E-state index contributed by atoms with van der Waals surface area (Å²) in [4.78, 5) is 20.0. The van der Waals surface area contributed by atoms with E-state index >= 15 is 0 Å². The van der Waals surface area contributed by atoms with Crippen LogP contribution in [0.4, 0.5) is 0 Å². The van der Waals surface area contributed by atoms with E-state index in [0.717, 1.165) is 37.4 Å². The van der Waals surface area contributed by atoms with E-state index in [1.54, 1.807) is 6.20 Å². The number of fused-ring (bicyclic) bond motifs is 1. The maximum Gasteiger partial charge on any atom is 0.178 e. The minimum atomic E-state index is 0.704. The van der Waals surface area contributed by atoms with Crippen molar-refractivity contribution in [1.82, 2.24) is 24.8 Å². The summed E-state index contributed by atoms with van der Waals surface area (Å²) in [5.41, 5.74) is 4.46. The van der Waals surface area contributed by atoms with E-state index in [1.165, 1.54) is 11.1 Å². The number of hydrogen-bond donors (Lipinski definition) is 0. The van der Waals surface area contributed by atoms with Gasteiger partial charge >= 0.3 is 0 Å². The number of pyridine rings is 2. The molecule has 0 amide bonds. The maximum absolute atomic E-state index is 4.75. The van der Waals surface area contributed by atoms with Gasteiger partial charge in [-0.15, -0.1) is 0 Å². The average Bonchev–Trinajstić information content (AvgIpc) is 2.63. The van der Waals surface area contributed by atoms with E-state index in [9.17, 15) is 0 Å². The van der Waals surface area contributed by atoms with E-state index in [1.807, 2.05) is 36.8 Å². The molecule has 5 nitrogen and oxygen atoms in total. The molecule has 5 heteroatoms. The quantitative estimate of drug-likeness (QED) is 0.744. The van der Waals surface area contributed by atoms with Crippen molar-refractivity contribution in [3.05, 3.63) is 71.9 Å². The van der Waals surface area contributed by atoms with E-state index in [0.29, 0.717) is 5.82 Å². The third-order valence-electron chi connectivity index (χ3n) is 4.07. The highest BCUT2D eigenvalue weighted by Gasteiger charge is 2.19. The predicted octanol–water partition coefficient (Wildman–Crippen LogP) is 2.49. The molecular weight excluding hydrogens is 286 g/mol. The minimum absolute atomic E-state index is 0.704. The van der Waals surface area contributed by atoms with Crippen LogP contribution in [0.25, 0.3) is 11.5 Å². The molecule has 1 aliphatic rings. The summed E-state index contributed by atoms with van der Waals surface area (Å²) >= 11 is 0. The van der Waals surface area contributed by atoms with Gasteiger partial charge in [0.05, 0.1) is 5.69 Å². The lowest BCUT2D eigenvalue weighted by Gasteiger charge is -2.27. The molecule has 0 bridgehead atoms. The molecule has 4 heterocycles. The Morgan fingerprint density at radius 1 is 1.00 bits per heavy atom. The Bertz CT molecular complexity index is 789. The highest BCUT2D eigenvalue weighted by atomic mass is 15.1. The summed E-state index contributed by atoms with van der Waals surface area (Å²) in [6, 6.07) is 9.93. The van der Waals surface area contributed by atoms with Crippen LogP contribution in [0.3, 0.4) is 0 Å². The first-order valence-electron chi connectivity index (χ1n) is 7.76. The lowest BCUT2D eigenvalue weighted by atomic mass is 10.1. The van der Waals surface area contributed by atoms with E-state index < -0.39 is 0 Å². The van der Waals surface area contributed by atoms with Gasteiger partial charge in [-0.3, -0.25) is 14.9 Å². The molecule has 3 aromatic rings. The zero-order valence-corrected chi connectivity index (χ0v) is 12.8. The van der Waals surface area contributed by atoms with Crippen LogP contribution in [0.2, 0.25) is 0 Å². The van der Waals surface area contributed by atoms with Gasteiger partial charge in [-0.25, -0.2) is 9.97 Å². The Morgan fingerprint density at radius 2 is 1.91 bits per heavy atom. The number of nitrogens with zero attached hydrogens (tertiary/aromatic N) is 5. The fourth-order valence-corrected chi connectivity index (χ4v) is 2.86. The highest BCUT2D eigenvalue weighted by molar-refractivity contribution is 5.49. The number of rotatable bonds is 3. The SMILES string of the molecule is c1ccc(-c2ncc3c(n2)CN(Cc2ccncc2)CC3)nc1. The molecule has 3 aromatic heterocycles. The fraction of sp³-hybridized carbons (Fsp3) is 0.222. The maximum atomic E-state index is 4.75. The van der Waals surface area contributed by atoms with Gasteiger partial charge in [0.2, 0.25) is 0 Å². The van der Waals surface area contributed by atoms with E-state index in [2.05, 4.69) is 32.0 Å². The second kappa shape index (κ2) is 6.22. The number of hydrogen-bond acceptors (Lipinski definition) is 5. The summed E-state index contributed by atoms with van der Waals surface area (Å²) in [5, 5.41) is 0. The normalized spacial score (nSPS) is 14.4. The first-order valence-corrected chi connectivity index (χ1v) is 7.76. The molecule has 0 saturated heterocycles. The molecule has 0 aliphatic carbocycles. The summed E-state index contributed by atoms with van der Waals surface area (Å²) in [6.07, 6.45) is 8.40. The van der Waals surface area contributed by atoms with Crippen molar-refractivity contribution >= 4 is 0 Å². The summed E-state index contributed by atoms with van der Waals surface area (Å²) in [5.74, 6) is 0.704. The lowest BCUT2D eigenvalue weighted by molar-refractivity contribution is 0.241. The standard InChI is InChI=1S/C18H17N5/c1-2-7-20-16(3-1)18-21-11-15-6-10-23(13-17(15)22-18)12-14-4-8-19-9-5-14/h1-5,7-9,11H,6,10,12-13H2. The third-order valence-corrected chi connectivity index (χ3v) is 4.07. The van der Waals surface area contributed by atoms with Crippen LogP contribution in [0, 0.1) is 0 Å². The largest absolute Gasteiger partial charge is 0.293 e. The molecule has 0 saturated carbocycles. The zero-order chi connectivity index (χ0) is 15.5. The van der Waals surface area contributed by atoms with E-state index in [4.69, 9.17) is 4.98 Å². The first-order chi connectivity index (χ1) is 11.4. The van der Waals surface area contributed by atoms with Crippen LogP contribution >= 0.6 is 0 Å². The van der Waals surface area contributed by atoms with Crippen LogP contribution in [0.1, 0.15) is 16.8 Å². The van der Waals surface area contributed by atoms with Crippen LogP contribution in [-0.2, 0) is 19.5 Å². The zero-order valence-electron chi connectivity index (χ0n) is 12.8. The molecule has 0 unspecified atom stereocenters. The average molecular weight is 303 g/mol. The Kier molecular flexibility index (Phi) is 3.78. The first kappa shape index (κ1) is 14.0. The van der Waals surface area contributed by atoms with Gasteiger partial charge < -0.3 is 0 Å². The van der Waals surface area contributed by atoms with Crippen LogP contribution < -0.4 is 0 Å². The van der Waals surface area contributed by atoms with Gasteiger partial charge in [-0.2, -0.15) is 0 Å². The van der Waals surface area contributed by atoms with Crippen molar-refractivity contribution in [3.63, 3.8) is 0 Å². The fourth-order valence-electron chi connectivity index (χ4n) is 2.86. The van der Waals surface area contributed by atoms with Gasteiger partial charge in [-0.05, 0) is 41.8 Å². The van der Waals surface area contributed by atoms with Gasteiger partial charge in [-0.1, -0.05) is 6.07 Å². The van der Waals surface area contributed by atoms with Gasteiger partial charge in [0, 0.05) is 44.4 Å². The monoisotopic (exact) mass is 303 g/mol. The van der Waals surface area contributed by atoms with Crippen LogP contribution in [0.15, 0.2) is 55.1 Å². The van der Waals surface area contributed by atoms with Gasteiger partial charge in [0.1, 0.15) is 5.69 Å². The molecule has 0 fully saturated rings. The number of aromatic nitrogens is 4. The second-order valence-electron chi connectivity index (χ2n) is 5.70. The van der Waals surface area contributed by atoms with Gasteiger partial charge in [0.25, 0.3) is 0 Å². The second-order valence-corrected chi connectivity index (χ2v) is 5.70. The third kappa shape index (κ3) is 3.10.